The molecule has 2 heterocycles. The van der Waals surface area contributed by atoms with Crippen LogP contribution in [-0.2, 0) is 0 Å². The second-order valence-electron chi connectivity index (χ2n) is 4.50. The number of carbonyl (C=O) groups excluding carboxylic acids is 2. The lowest BCUT2D eigenvalue weighted by molar-refractivity contribution is 0.0664. The van der Waals surface area contributed by atoms with Crippen LogP contribution in [-0.4, -0.2) is 46.8 Å². The zero-order valence-electron chi connectivity index (χ0n) is 10.3. The molecule has 9 heteroatoms. The Morgan fingerprint density at radius 2 is 2.26 bits per heavy atom. The molecule has 0 spiro atoms. The lowest BCUT2D eigenvalue weighted by atomic mass is 9.98. The van der Waals surface area contributed by atoms with Crippen molar-refractivity contribution < 1.29 is 14.2 Å². The van der Waals surface area contributed by atoms with Gasteiger partial charge in [-0.1, -0.05) is 0 Å². The second-order valence-corrected chi connectivity index (χ2v) is 4.50. The molecule has 9 nitrogen and oxygen atoms in total. The largest absolute Gasteiger partial charge is 0.379 e. The lowest BCUT2D eigenvalue weighted by Gasteiger charge is -2.32. The summed E-state index contributed by atoms with van der Waals surface area (Å²) in [6.07, 6.45) is 1.78. The summed E-state index contributed by atoms with van der Waals surface area (Å²) in [6, 6.07) is -0.562. The van der Waals surface area contributed by atoms with Gasteiger partial charge in [-0.3, -0.25) is 4.79 Å². The fourth-order valence-electron chi connectivity index (χ4n) is 2.15. The van der Waals surface area contributed by atoms with E-state index in [9.17, 15) is 9.59 Å². The number of likely N-dealkylation sites (tertiary alicyclic amines) is 1. The number of aromatic nitrogens is 2. The molecule has 104 valence electrons. The van der Waals surface area contributed by atoms with E-state index in [1.54, 1.807) is 4.90 Å². The third kappa shape index (κ3) is 3.12. The number of hydrogen-bond donors (Lipinski definition) is 3. The number of carbonyl (C=O) groups is 2. The van der Waals surface area contributed by atoms with Crippen LogP contribution in [0.3, 0.4) is 0 Å². The van der Waals surface area contributed by atoms with Gasteiger partial charge in [0.15, 0.2) is 0 Å². The Morgan fingerprint density at radius 1 is 1.47 bits per heavy atom. The number of anilines is 1. The zero-order chi connectivity index (χ0) is 13.8. The first-order valence-electron chi connectivity index (χ1n) is 5.98. The van der Waals surface area contributed by atoms with E-state index >= 15 is 0 Å². The van der Waals surface area contributed by atoms with Crippen LogP contribution in [0.1, 0.15) is 23.3 Å². The van der Waals surface area contributed by atoms with Crippen molar-refractivity contribution in [1.29, 1.82) is 0 Å². The van der Waals surface area contributed by atoms with Crippen molar-refractivity contribution in [3.63, 3.8) is 0 Å². The number of amides is 3. The van der Waals surface area contributed by atoms with Gasteiger partial charge in [-0.25, -0.2) is 9.42 Å². The Bertz CT molecular complexity index is 474. The smallest absolute Gasteiger partial charge is 0.312 e. The average molecular weight is 268 g/mol. The van der Waals surface area contributed by atoms with Gasteiger partial charge >= 0.3 is 6.03 Å². The standard InChI is InChI=1S/C10H16N6O3/c11-8-7(14-19-15-8)9(17)16-3-1-2-6(5-16)4-13-10(12)18/h6H,1-5H2,(H2,11,15)(H3,12,13,18). The zero-order valence-corrected chi connectivity index (χ0v) is 10.3. The van der Waals surface area contributed by atoms with Crippen molar-refractivity contribution in [2.24, 2.45) is 11.7 Å². The van der Waals surface area contributed by atoms with Crippen LogP contribution >= 0.6 is 0 Å². The van der Waals surface area contributed by atoms with E-state index in [1.807, 2.05) is 0 Å². The minimum Gasteiger partial charge on any atom is -0.379 e. The van der Waals surface area contributed by atoms with Gasteiger partial charge in [-0.15, -0.1) is 0 Å². The van der Waals surface area contributed by atoms with Crippen LogP contribution in [0, 0.1) is 5.92 Å². The Balaban J connectivity index is 1.95. The van der Waals surface area contributed by atoms with E-state index in [2.05, 4.69) is 20.3 Å². The number of nitrogens with one attached hydrogen (secondary N) is 1. The van der Waals surface area contributed by atoms with Crippen molar-refractivity contribution in [1.82, 2.24) is 20.5 Å². The van der Waals surface area contributed by atoms with Gasteiger partial charge in [0.05, 0.1) is 0 Å². The van der Waals surface area contributed by atoms with Gasteiger partial charge in [0.2, 0.25) is 11.5 Å². The molecule has 0 radical (unpaired) electrons. The first-order valence-corrected chi connectivity index (χ1v) is 5.98. The number of nitrogens with zero attached hydrogens (tertiary/aromatic N) is 3. The van der Waals surface area contributed by atoms with Crippen LogP contribution in [0.4, 0.5) is 10.6 Å². The first-order chi connectivity index (χ1) is 9.08. The maximum absolute atomic E-state index is 12.1. The van der Waals surface area contributed by atoms with Crippen LogP contribution in [0.15, 0.2) is 4.63 Å². The lowest BCUT2D eigenvalue weighted by Crippen LogP contribution is -2.44. The second kappa shape index (κ2) is 5.55. The van der Waals surface area contributed by atoms with Crippen LogP contribution in [0.2, 0.25) is 0 Å². The molecule has 0 saturated carbocycles. The number of rotatable bonds is 3. The summed E-state index contributed by atoms with van der Waals surface area (Å²) in [6.45, 7) is 1.59. The number of primary amides is 1. The molecule has 1 atom stereocenters. The molecule has 19 heavy (non-hydrogen) atoms. The van der Waals surface area contributed by atoms with E-state index in [0.717, 1.165) is 12.8 Å². The molecule has 0 aromatic carbocycles. The molecule has 1 aliphatic heterocycles. The summed E-state index contributed by atoms with van der Waals surface area (Å²) in [5.74, 6) is -0.142. The topological polar surface area (TPSA) is 140 Å². The predicted molar refractivity (Wildman–Crippen MR) is 64.9 cm³/mol. The monoisotopic (exact) mass is 268 g/mol. The molecule has 0 aliphatic carbocycles. The van der Waals surface area contributed by atoms with Gasteiger partial charge in [0, 0.05) is 19.6 Å². The van der Waals surface area contributed by atoms with E-state index in [-0.39, 0.29) is 23.3 Å². The van der Waals surface area contributed by atoms with E-state index < -0.39 is 6.03 Å². The van der Waals surface area contributed by atoms with E-state index in [0.29, 0.717) is 19.6 Å². The Kier molecular flexibility index (Phi) is 3.83. The minimum atomic E-state index is -0.562. The molecule has 5 N–H and O–H groups in total. The van der Waals surface area contributed by atoms with Crippen LogP contribution in [0.5, 0.6) is 0 Å². The molecule has 1 aromatic heterocycles. The van der Waals surface area contributed by atoms with Crippen molar-refractivity contribution in [2.45, 2.75) is 12.8 Å². The number of nitrogen functional groups attached to an aromatic ring is 1. The number of piperidine rings is 1. The van der Waals surface area contributed by atoms with Gasteiger partial charge in [-0.05, 0) is 29.1 Å². The molecule has 1 unspecified atom stereocenters. The summed E-state index contributed by atoms with van der Waals surface area (Å²) in [5.41, 5.74) is 10.5. The van der Waals surface area contributed by atoms with Gasteiger partial charge in [-0.2, -0.15) is 0 Å². The molecule has 3 amide bonds. The molecular formula is C10H16N6O3. The van der Waals surface area contributed by atoms with Crippen molar-refractivity contribution >= 4 is 17.8 Å². The molecule has 1 aliphatic rings. The van der Waals surface area contributed by atoms with Crippen LogP contribution < -0.4 is 16.8 Å². The summed E-state index contributed by atoms with van der Waals surface area (Å²) in [7, 11) is 0. The molecule has 1 aromatic rings. The van der Waals surface area contributed by atoms with Crippen molar-refractivity contribution in [2.75, 3.05) is 25.4 Å². The molecule has 1 saturated heterocycles. The van der Waals surface area contributed by atoms with Crippen molar-refractivity contribution in [3.8, 4) is 0 Å². The maximum atomic E-state index is 12.1. The van der Waals surface area contributed by atoms with Gasteiger partial charge in [0.25, 0.3) is 5.91 Å². The van der Waals surface area contributed by atoms with Crippen molar-refractivity contribution in [3.05, 3.63) is 5.69 Å². The highest BCUT2D eigenvalue weighted by atomic mass is 16.6. The Hall–Kier alpha value is -2.32. The van der Waals surface area contributed by atoms with E-state index in [1.165, 1.54) is 0 Å². The highest BCUT2D eigenvalue weighted by Crippen LogP contribution is 2.18. The maximum Gasteiger partial charge on any atom is 0.312 e. The fraction of sp³-hybridized carbons (Fsp3) is 0.600. The predicted octanol–water partition coefficient (Wildman–Crippen LogP) is -0.828. The molecule has 0 bridgehead atoms. The third-order valence-corrected chi connectivity index (χ3v) is 3.09. The Labute approximate surface area is 109 Å². The summed E-state index contributed by atoms with van der Waals surface area (Å²) < 4.78 is 4.42. The number of nitrogens with two attached hydrogens (primary N) is 2. The average Bonchev–Trinajstić information content (AvgIpc) is 2.82. The molecule has 2 rings (SSSR count). The number of urea groups is 1. The normalized spacial score (nSPS) is 19.2. The highest BCUT2D eigenvalue weighted by molar-refractivity contribution is 5.96. The summed E-state index contributed by atoms with van der Waals surface area (Å²) in [4.78, 5) is 24.4. The number of hydrogen-bond acceptors (Lipinski definition) is 6. The third-order valence-electron chi connectivity index (χ3n) is 3.09. The molecular weight excluding hydrogens is 252 g/mol. The van der Waals surface area contributed by atoms with Gasteiger partial charge < -0.3 is 21.7 Å². The van der Waals surface area contributed by atoms with Gasteiger partial charge in [0.1, 0.15) is 0 Å². The molecule has 1 fully saturated rings. The minimum absolute atomic E-state index is 0.0117. The summed E-state index contributed by atoms with van der Waals surface area (Å²) >= 11 is 0. The fourth-order valence-corrected chi connectivity index (χ4v) is 2.15. The van der Waals surface area contributed by atoms with Crippen LogP contribution in [0.25, 0.3) is 0 Å². The van der Waals surface area contributed by atoms with E-state index in [4.69, 9.17) is 11.5 Å². The first kappa shape index (κ1) is 13.1. The Morgan fingerprint density at radius 3 is 2.89 bits per heavy atom. The highest BCUT2D eigenvalue weighted by Gasteiger charge is 2.28. The quantitative estimate of drug-likeness (QED) is 0.653. The summed E-state index contributed by atoms with van der Waals surface area (Å²) in [5, 5.41) is 9.43. The SMILES string of the molecule is NC(=O)NCC1CCCN(C(=O)c2nonc2N)C1.